The maximum Gasteiger partial charge on any atom is 0.274 e. The lowest BCUT2D eigenvalue weighted by atomic mass is 9.80. The molecule has 0 aliphatic heterocycles. The first kappa shape index (κ1) is 12.8. The zero-order chi connectivity index (χ0) is 13.2. The van der Waals surface area contributed by atoms with Gasteiger partial charge in [0.05, 0.1) is 10.5 Å². The summed E-state index contributed by atoms with van der Waals surface area (Å²) in [5.41, 5.74) is 1.55. The van der Waals surface area contributed by atoms with Gasteiger partial charge in [-0.15, -0.1) is 0 Å². The average Bonchev–Trinajstić information content (AvgIpc) is 2.29. The maximum absolute atomic E-state index is 10.9. The van der Waals surface area contributed by atoms with Crippen molar-refractivity contribution in [3.63, 3.8) is 0 Å². The minimum absolute atomic E-state index is 0.0862. The van der Waals surface area contributed by atoms with Crippen LogP contribution in [0.25, 0.3) is 0 Å². The molecule has 1 N–H and O–H groups in total. The minimum Gasteiger partial charge on any atom is -0.382 e. The van der Waals surface area contributed by atoms with Crippen molar-refractivity contribution in [2.75, 3.05) is 19.0 Å². The summed E-state index contributed by atoms with van der Waals surface area (Å²) >= 11 is 0. The van der Waals surface area contributed by atoms with E-state index >= 15 is 0 Å². The van der Waals surface area contributed by atoms with E-state index in [0.29, 0.717) is 12.1 Å². The largest absolute Gasteiger partial charge is 0.382 e. The number of nitro benzene ring substituents is 1. The molecule has 1 aromatic carbocycles. The summed E-state index contributed by atoms with van der Waals surface area (Å²) < 4.78 is 5.52. The summed E-state index contributed by atoms with van der Waals surface area (Å²) in [6, 6.07) is 5.09. The lowest BCUT2D eigenvalue weighted by molar-refractivity contribution is -0.385. The van der Waals surface area contributed by atoms with Gasteiger partial charge in [-0.25, -0.2) is 0 Å². The fourth-order valence-electron chi connectivity index (χ4n) is 2.29. The molecule has 5 heteroatoms. The fourth-order valence-corrected chi connectivity index (χ4v) is 2.29. The van der Waals surface area contributed by atoms with Crippen molar-refractivity contribution in [3.05, 3.63) is 33.9 Å². The molecular formula is C13H18N2O3. The Morgan fingerprint density at radius 1 is 1.50 bits per heavy atom. The van der Waals surface area contributed by atoms with Crippen LogP contribution in [0.15, 0.2) is 18.2 Å². The number of rotatable bonds is 5. The van der Waals surface area contributed by atoms with Crippen molar-refractivity contribution >= 4 is 11.4 Å². The highest BCUT2D eigenvalue weighted by Crippen LogP contribution is 2.35. The van der Waals surface area contributed by atoms with E-state index in [1.54, 1.807) is 20.1 Å². The van der Waals surface area contributed by atoms with Gasteiger partial charge in [-0.3, -0.25) is 10.1 Å². The van der Waals surface area contributed by atoms with Crippen LogP contribution in [0.1, 0.15) is 24.8 Å². The van der Waals surface area contributed by atoms with Crippen molar-refractivity contribution in [3.8, 4) is 0 Å². The molecule has 1 saturated carbocycles. The van der Waals surface area contributed by atoms with Gasteiger partial charge in [0.15, 0.2) is 0 Å². The van der Waals surface area contributed by atoms with Crippen LogP contribution in [0.5, 0.6) is 0 Å². The number of benzene rings is 1. The number of anilines is 1. The molecule has 1 fully saturated rings. The zero-order valence-electron chi connectivity index (χ0n) is 10.7. The van der Waals surface area contributed by atoms with E-state index in [-0.39, 0.29) is 16.2 Å². The second kappa shape index (κ2) is 4.94. The lowest BCUT2D eigenvalue weighted by Crippen LogP contribution is -2.45. The molecule has 0 aromatic heterocycles. The lowest BCUT2D eigenvalue weighted by Gasteiger charge is -2.40. The summed E-state index contributed by atoms with van der Waals surface area (Å²) in [6.07, 6.45) is 3.28. The predicted octanol–water partition coefficient (Wildman–Crippen LogP) is 2.88. The molecule has 1 aliphatic rings. The smallest absolute Gasteiger partial charge is 0.274 e. The van der Waals surface area contributed by atoms with E-state index in [1.807, 2.05) is 6.07 Å². The standard InChI is InChI=1S/C13H18N2O3/c1-10-11(5-3-6-12(10)15(16)17)14-9-13(18-2)7-4-8-13/h3,5-6,14H,4,7-9H2,1-2H3. The molecule has 0 radical (unpaired) electrons. The summed E-state index contributed by atoms with van der Waals surface area (Å²) in [4.78, 5) is 10.5. The second-order valence-electron chi connectivity index (χ2n) is 4.80. The molecule has 0 amide bonds. The summed E-state index contributed by atoms with van der Waals surface area (Å²) in [5, 5.41) is 14.1. The van der Waals surface area contributed by atoms with Crippen molar-refractivity contribution in [2.24, 2.45) is 0 Å². The van der Waals surface area contributed by atoms with Gasteiger partial charge in [0.25, 0.3) is 5.69 Å². The quantitative estimate of drug-likeness (QED) is 0.644. The SMILES string of the molecule is COC1(CNc2cccc([N+](=O)[O-])c2C)CCC1. The number of hydrogen-bond acceptors (Lipinski definition) is 4. The van der Waals surface area contributed by atoms with Crippen molar-refractivity contribution < 1.29 is 9.66 Å². The van der Waals surface area contributed by atoms with Crippen LogP contribution in [-0.2, 0) is 4.74 Å². The van der Waals surface area contributed by atoms with Gasteiger partial charge in [0.1, 0.15) is 0 Å². The predicted molar refractivity (Wildman–Crippen MR) is 69.9 cm³/mol. The summed E-state index contributed by atoms with van der Waals surface area (Å²) in [5.74, 6) is 0. The topological polar surface area (TPSA) is 64.4 Å². The molecule has 0 atom stereocenters. The van der Waals surface area contributed by atoms with E-state index < -0.39 is 0 Å². The highest BCUT2D eigenvalue weighted by Gasteiger charge is 2.36. The van der Waals surface area contributed by atoms with Gasteiger partial charge in [-0.1, -0.05) is 6.07 Å². The van der Waals surface area contributed by atoms with Gasteiger partial charge in [0, 0.05) is 31.0 Å². The molecule has 18 heavy (non-hydrogen) atoms. The maximum atomic E-state index is 10.9. The Labute approximate surface area is 106 Å². The van der Waals surface area contributed by atoms with E-state index in [9.17, 15) is 10.1 Å². The average molecular weight is 250 g/mol. The van der Waals surface area contributed by atoms with Gasteiger partial charge < -0.3 is 10.1 Å². The molecule has 1 aliphatic carbocycles. The number of methoxy groups -OCH3 is 1. The molecule has 98 valence electrons. The van der Waals surface area contributed by atoms with Crippen LogP contribution in [0.3, 0.4) is 0 Å². The number of hydrogen-bond donors (Lipinski definition) is 1. The molecule has 0 bridgehead atoms. The molecule has 0 saturated heterocycles. The molecular weight excluding hydrogens is 232 g/mol. The first-order valence-corrected chi connectivity index (χ1v) is 6.11. The van der Waals surface area contributed by atoms with E-state index in [0.717, 1.165) is 18.5 Å². The third kappa shape index (κ3) is 2.31. The fraction of sp³-hybridized carbons (Fsp3) is 0.538. The molecule has 1 aromatic rings. The molecule has 0 unspecified atom stereocenters. The number of nitrogens with one attached hydrogen (secondary N) is 1. The van der Waals surface area contributed by atoms with Crippen LogP contribution in [0, 0.1) is 17.0 Å². The van der Waals surface area contributed by atoms with Crippen LogP contribution in [0.2, 0.25) is 0 Å². The van der Waals surface area contributed by atoms with Crippen LogP contribution in [0.4, 0.5) is 11.4 Å². The van der Waals surface area contributed by atoms with Crippen LogP contribution < -0.4 is 5.32 Å². The molecule has 0 spiro atoms. The Bertz CT molecular complexity index is 450. The second-order valence-corrected chi connectivity index (χ2v) is 4.80. The molecule has 5 nitrogen and oxygen atoms in total. The van der Waals surface area contributed by atoms with Crippen molar-refractivity contribution in [2.45, 2.75) is 31.8 Å². The van der Waals surface area contributed by atoms with Crippen LogP contribution in [-0.4, -0.2) is 24.2 Å². The van der Waals surface area contributed by atoms with E-state index in [1.165, 1.54) is 12.5 Å². The third-order valence-electron chi connectivity index (χ3n) is 3.80. The molecule has 2 rings (SSSR count). The van der Waals surface area contributed by atoms with Crippen molar-refractivity contribution in [1.29, 1.82) is 0 Å². The van der Waals surface area contributed by atoms with Gasteiger partial charge in [-0.2, -0.15) is 0 Å². The highest BCUT2D eigenvalue weighted by atomic mass is 16.6. The Morgan fingerprint density at radius 3 is 2.72 bits per heavy atom. The van der Waals surface area contributed by atoms with Gasteiger partial charge >= 0.3 is 0 Å². The van der Waals surface area contributed by atoms with Gasteiger partial charge in [-0.05, 0) is 32.3 Å². The minimum atomic E-state index is -0.351. The number of nitro groups is 1. The first-order chi connectivity index (χ1) is 8.58. The molecule has 0 heterocycles. The monoisotopic (exact) mass is 250 g/mol. The Balaban J connectivity index is 2.10. The Morgan fingerprint density at radius 2 is 2.22 bits per heavy atom. The van der Waals surface area contributed by atoms with Gasteiger partial charge in [0.2, 0.25) is 0 Å². The summed E-state index contributed by atoms with van der Waals surface area (Å²) in [7, 11) is 1.72. The van der Waals surface area contributed by atoms with E-state index in [2.05, 4.69) is 5.32 Å². The summed E-state index contributed by atoms with van der Waals surface area (Å²) in [6.45, 7) is 2.46. The van der Waals surface area contributed by atoms with Crippen LogP contribution >= 0.6 is 0 Å². The first-order valence-electron chi connectivity index (χ1n) is 6.11. The third-order valence-corrected chi connectivity index (χ3v) is 3.80. The number of ether oxygens (including phenoxy) is 1. The normalized spacial score (nSPS) is 17.0. The Hall–Kier alpha value is -1.62. The Kier molecular flexibility index (Phi) is 3.52. The van der Waals surface area contributed by atoms with Crippen molar-refractivity contribution in [1.82, 2.24) is 0 Å². The number of nitrogens with zero attached hydrogens (tertiary/aromatic N) is 1. The zero-order valence-corrected chi connectivity index (χ0v) is 10.7. The highest BCUT2D eigenvalue weighted by molar-refractivity contribution is 5.59. The van der Waals surface area contributed by atoms with E-state index in [4.69, 9.17) is 4.74 Å².